The molecule has 0 saturated carbocycles. The first-order chi connectivity index (χ1) is 8.16. The molecule has 0 radical (unpaired) electrons. The van der Waals surface area contributed by atoms with Crippen LogP contribution >= 0.6 is 0 Å². The Labute approximate surface area is 99.8 Å². The number of aromatic nitrogens is 1. The van der Waals surface area contributed by atoms with E-state index >= 15 is 0 Å². The number of nitrogens with one attached hydrogen (secondary N) is 1. The van der Waals surface area contributed by atoms with E-state index in [0.29, 0.717) is 11.7 Å². The number of hydrogen-bond acceptors (Lipinski definition) is 4. The van der Waals surface area contributed by atoms with E-state index < -0.39 is 5.97 Å². The number of carboxylic acid groups (broad SMARTS) is 1. The Morgan fingerprint density at radius 3 is 3.18 bits per heavy atom. The number of aromatic carboxylic acids is 1. The van der Waals surface area contributed by atoms with Crippen molar-refractivity contribution in [2.75, 3.05) is 18.5 Å². The lowest BCUT2D eigenvalue weighted by Crippen LogP contribution is -2.21. The van der Waals surface area contributed by atoms with Crippen molar-refractivity contribution in [3.8, 4) is 0 Å². The molecule has 2 heterocycles. The minimum Gasteiger partial charge on any atom is -0.478 e. The van der Waals surface area contributed by atoms with Crippen molar-refractivity contribution in [2.45, 2.75) is 19.4 Å². The molecule has 92 valence electrons. The van der Waals surface area contributed by atoms with Crippen molar-refractivity contribution in [3.05, 3.63) is 23.9 Å². The molecule has 1 saturated heterocycles. The number of carboxylic acids is 1. The lowest BCUT2D eigenvalue weighted by Gasteiger charge is -2.15. The average molecular weight is 236 g/mol. The second-order valence-corrected chi connectivity index (χ2v) is 4.24. The summed E-state index contributed by atoms with van der Waals surface area (Å²) in [5.74, 6) is 0.127. The largest absolute Gasteiger partial charge is 0.478 e. The second kappa shape index (κ2) is 5.14. The quantitative estimate of drug-likeness (QED) is 0.831. The van der Waals surface area contributed by atoms with Crippen molar-refractivity contribution in [1.82, 2.24) is 4.98 Å². The molecule has 2 atom stereocenters. The normalized spacial score (nSPS) is 23.6. The highest BCUT2D eigenvalue weighted by atomic mass is 16.5. The van der Waals surface area contributed by atoms with Gasteiger partial charge in [0.05, 0.1) is 11.7 Å². The van der Waals surface area contributed by atoms with Crippen molar-refractivity contribution >= 4 is 11.8 Å². The molecule has 2 N–H and O–H groups in total. The van der Waals surface area contributed by atoms with Crippen LogP contribution in [-0.2, 0) is 4.74 Å². The first-order valence-corrected chi connectivity index (χ1v) is 5.71. The van der Waals surface area contributed by atoms with E-state index in [-0.39, 0.29) is 11.7 Å². The van der Waals surface area contributed by atoms with Crippen LogP contribution in [0.3, 0.4) is 0 Å². The number of anilines is 1. The van der Waals surface area contributed by atoms with E-state index in [4.69, 9.17) is 9.84 Å². The summed E-state index contributed by atoms with van der Waals surface area (Å²) in [4.78, 5) is 14.9. The summed E-state index contributed by atoms with van der Waals surface area (Å²) < 4.78 is 5.46. The van der Waals surface area contributed by atoms with E-state index in [0.717, 1.165) is 19.6 Å². The number of ether oxygens (including phenoxy) is 1. The molecule has 2 unspecified atom stereocenters. The smallest absolute Gasteiger partial charge is 0.335 e. The van der Waals surface area contributed by atoms with E-state index in [1.807, 2.05) is 0 Å². The van der Waals surface area contributed by atoms with Gasteiger partial charge in [-0.05, 0) is 25.5 Å². The maximum absolute atomic E-state index is 10.8. The molecule has 0 aliphatic carbocycles. The molecule has 2 rings (SSSR count). The first kappa shape index (κ1) is 11.9. The standard InChI is InChI=1S/C12H16N2O3/c1-8-10(3-5-17-8)7-14-11-6-9(12(15)16)2-4-13-11/h2,4,6,8,10H,3,5,7H2,1H3,(H,13,14)(H,15,16). The van der Waals surface area contributed by atoms with Gasteiger partial charge >= 0.3 is 5.97 Å². The minimum atomic E-state index is -0.937. The SMILES string of the molecule is CC1OCCC1CNc1cc(C(=O)O)ccn1. The number of nitrogens with zero attached hydrogens (tertiary/aromatic N) is 1. The van der Waals surface area contributed by atoms with Crippen molar-refractivity contribution in [3.63, 3.8) is 0 Å². The topological polar surface area (TPSA) is 71.5 Å². The van der Waals surface area contributed by atoms with Crippen molar-refractivity contribution in [1.29, 1.82) is 0 Å². The summed E-state index contributed by atoms with van der Waals surface area (Å²) in [6, 6.07) is 3.03. The predicted molar refractivity (Wildman–Crippen MR) is 63.2 cm³/mol. The average Bonchev–Trinajstić information content (AvgIpc) is 2.72. The van der Waals surface area contributed by atoms with Gasteiger partial charge in [-0.3, -0.25) is 0 Å². The zero-order chi connectivity index (χ0) is 12.3. The molecule has 0 aromatic carbocycles. The Morgan fingerprint density at radius 2 is 2.53 bits per heavy atom. The molecule has 5 heteroatoms. The molecule has 0 bridgehead atoms. The van der Waals surface area contributed by atoms with E-state index in [1.54, 1.807) is 6.07 Å². The van der Waals surface area contributed by atoms with E-state index in [1.165, 1.54) is 12.3 Å². The zero-order valence-electron chi connectivity index (χ0n) is 9.72. The van der Waals surface area contributed by atoms with Crippen LogP contribution in [-0.4, -0.2) is 35.3 Å². The molecular formula is C12H16N2O3. The van der Waals surface area contributed by atoms with Crippen LogP contribution in [0.2, 0.25) is 0 Å². The lowest BCUT2D eigenvalue weighted by atomic mass is 10.0. The minimum absolute atomic E-state index is 0.248. The third-order valence-electron chi connectivity index (χ3n) is 3.09. The Bertz CT molecular complexity index is 408. The van der Waals surface area contributed by atoms with E-state index in [9.17, 15) is 4.79 Å². The Balaban J connectivity index is 1.94. The lowest BCUT2D eigenvalue weighted by molar-refractivity contribution is 0.0696. The monoisotopic (exact) mass is 236 g/mol. The highest BCUT2D eigenvalue weighted by molar-refractivity contribution is 5.88. The molecular weight excluding hydrogens is 220 g/mol. The highest BCUT2D eigenvalue weighted by Crippen LogP contribution is 2.20. The summed E-state index contributed by atoms with van der Waals surface area (Å²) >= 11 is 0. The third kappa shape index (κ3) is 2.94. The summed E-state index contributed by atoms with van der Waals surface area (Å²) in [7, 11) is 0. The third-order valence-corrected chi connectivity index (χ3v) is 3.09. The fraction of sp³-hybridized carbons (Fsp3) is 0.500. The van der Waals surface area contributed by atoms with Gasteiger partial charge in [-0.15, -0.1) is 0 Å². The van der Waals surface area contributed by atoms with Crippen LogP contribution in [0.25, 0.3) is 0 Å². The van der Waals surface area contributed by atoms with Crippen LogP contribution in [0.15, 0.2) is 18.3 Å². The maximum Gasteiger partial charge on any atom is 0.335 e. The number of rotatable bonds is 4. The van der Waals surface area contributed by atoms with Crippen molar-refractivity contribution < 1.29 is 14.6 Å². The van der Waals surface area contributed by atoms with Gasteiger partial charge in [-0.25, -0.2) is 9.78 Å². The van der Waals surface area contributed by atoms with Crippen LogP contribution < -0.4 is 5.32 Å². The molecule has 1 aromatic heterocycles. The predicted octanol–water partition coefficient (Wildman–Crippen LogP) is 1.62. The molecule has 1 aliphatic heterocycles. The summed E-state index contributed by atoms with van der Waals surface area (Å²) in [5.41, 5.74) is 0.248. The van der Waals surface area contributed by atoms with Gasteiger partial charge in [-0.1, -0.05) is 0 Å². The molecule has 1 fully saturated rings. The summed E-state index contributed by atoms with van der Waals surface area (Å²) in [6.07, 6.45) is 2.79. The van der Waals surface area contributed by atoms with Gasteiger partial charge in [0.15, 0.2) is 0 Å². The number of pyridine rings is 1. The van der Waals surface area contributed by atoms with Crippen LogP contribution in [0.4, 0.5) is 5.82 Å². The summed E-state index contributed by atoms with van der Waals surface area (Å²) in [5, 5.41) is 12.0. The Morgan fingerprint density at radius 1 is 1.71 bits per heavy atom. The van der Waals surface area contributed by atoms with Gasteiger partial charge in [0.1, 0.15) is 5.82 Å². The molecule has 0 amide bonds. The number of hydrogen-bond donors (Lipinski definition) is 2. The Kier molecular flexibility index (Phi) is 3.58. The van der Waals surface area contributed by atoms with Crippen molar-refractivity contribution in [2.24, 2.45) is 5.92 Å². The van der Waals surface area contributed by atoms with Gasteiger partial charge in [0.2, 0.25) is 0 Å². The van der Waals surface area contributed by atoms with Crippen LogP contribution in [0.5, 0.6) is 0 Å². The molecule has 0 spiro atoms. The zero-order valence-corrected chi connectivity index (χ0v) is 9.72. The molecule has 5 nitrogen and oxygen atoms in total. The van der Waals surface area contributed by atoms with Gasteiger partial charge in [-0.2, -0.15) is 0 Å². The van der Waals surface area contributed by atoms with Gasteiger partial charge in [0.25, 0.3) is 0 Å². The van der Waals surface area contributed by atoms with E-state index in [2.05, 4.69) is 17.2 Å². The second-order valence-electron chi connectivity index (χ2n) is 4.24. The van der Waals surface area contributed by atoms with Gasteiger partial charge < -0.3 is 15.2 Å². The van der Waals surface area contributed by atoms with Crippen LogP contribution in [0, 0.1) is 5.92 Å². The maximum atomic E-state index is 10.8. The van der Waals surface area contributed by atoms with Crippen LogP contribution in [0.1, 0.15) is 23.7 Å². The highest BCUT2D eigenvalue weighted by Gasteiger charge is 2.23. The summed E-state index contributed by atoms with van der Waals surface area (Å²) in [6.45, 7) is 3.62. The number of carbonyl (C=O) groups is 1. The Hall–Kier alpha value is -1.62. The first-order valence-electron chi connectivity index (χ1n) is 5.71. The van der Waals surface area contributed by atoms with Gasteiger partial charge in [0, 0.05) is 25.3 Å². The molecule has 1 aliphatic rings. The fourth-order valence-corrected chi connectivity index (χ4v) is 1.94. The molecule has 1 aromatic rings. The molecule has 17 heavy (non-hydrogen) atoms. The fourth-order valence-electron chi connectivity index (χ4n) is 1.94.